The van der Waals surface area contributed by atoms with Gasteiger partial charge in [-0.05, 0) is 6.42 Å². The zero-order valence-corrected chi connectivity index (χ0v) is 8.58. The Morgan fingerprint density at radius 2 is 1.64 bits per heavy atom. The summed E-state index contributed by atoms with van der Waals surface area (Å²) in [5.74, 6) is -0.335. The number of carbonyl (C=O) groups is 2. The van der Waals surface area contributed by atoms with Gasteiger partial charge < -0.3 is 14.2 Å². The Labute approximate surface area is 84.1 Å². The topological polar surface area (TPSA) is 61.8 Å². The van der Waals surface area contributed by atoms with Crippen molar-refractivity contribution in [3.8, 4) is 0 Å². The lowest BCUT2D eigenvalue weighted by molar-refractivity contribution is 0.0509. The third-order valence-corrected chi connectivity index (χ3v) is 1.24. The van der Waals surface area contributed by atoms with Crippen molar-refractivity contribution in [1.82, 2.24) is 0 Å². The minimum atomic E-state index is -0.672. The van der Waals surface area contributed by atoms with Gasteiger partial charge in [-0.2, -0.15) is 0 Å². The van der Waals surface area contributed by atoms with Gasteiger partial charge in [0.05, 0.1) is 19.8 Å². The van der Waals surface area contributed by atoms with Gasteiger partial charge in [0.2, 0.25) is 13.7 Å². The maximum absolute atomic E-state index is 10.7. The standard InChI is InChI=1S/C8H15BO5/c1-2-4-13-8(11)14-6-3-5-12-7(9)10/h2-6,9H2,1H3. The molecule has 0 saturated carbocycles. The molecule has 0 saturated heterocycles. The number of carbonyl (C=O) groups excluding carboxylic acids is 2. The Hall–Kier alpha value is -1.20. The highest BCUT2D eigenvalue weighted by Gasteiger charge is 2.02. The van der Waals surface area contributed by atoms with Crippen LogP contribution in [0.2, 0.25) is 0 Å². The van der Waals surface area contributed by atoms with Gasteiger partial charge in [-0.3, -0.25) is 4.79 Å². The molecule has 0 aliphatic rings. The number of hydrogen-bond donors (Lipinski definition) is 0. The summed E-state index contributed by atoms with van der Waals surface area (Å²) in [6.07, 6.45) is 0.582. The SMILES string of the molecule is BC(=O)OCCCOC(=O)OCCC. The highest BCUT2D eigenvalue weighted by atomic mass is 16.7. The highest BCUT2D eigenvalue weighted by molar-refractivity contribution is 6.55. The lowest BCUT2D eigenvalue weighted by Gasteiger charge is -2.05. The van der Waals surface area contributed by atoms with Gasteiger partial charge in [-0.15, -0.1) is 0 Å². The molecule has 0 rings (SSSR count). The van der Waals surface area contributed by atoms with Crippen LogP contribution in [-0.4, -0.2) is 39.7 Å². The molecule has 0 radical (unpaired) electrons. The fourth-order valence-corrected chi connectivity index (χ4v) is 0.657. The molecular weight excluding hydrogens is 187 g/mol. The van der Waals surface area contributed by atoms with Crippen LogP contribution < -0.4 is 0 Å². The fraction of sp³-hybridized carbons (Fsp3) is 0.750. The fourth-order valence-electron chi connectivity index (χ4n) is 0.657. The average molecular weight is 202 g/mol. The van der Waals surface area contributed by atoms with Crippen LogP contribution in [0.15, 0.2) is 0 Å². The first-order valence-corrected chi connectivity index (χ1v) is 4.59. The summed E-state index contributed by atoms with van der Waals surface area (Å²) in [5.41, 5.74) is 0. The molecule has 0 heterocycles. The molecule has 0 aliphatic heterocycles. The van der Waals surface area contributed by atoms with Gasteiger partial charge in [-0.1, -0.05) is 6.92 Å². The van der Waals surface area contributed by atoms with Crippen molar-refractivity contribution < 1.29 is 23.8 Å². The van der Waals surface area contributed by atoms with Crippen molar-refractivity contribution in [1.29, 1.82) is 0 Å². The van der Waals surface area contributed by atoms with Crippen molar-refractivity contribution in [3.63, 3.8) is 0 Å². The Morgan fingerprint density at radius 1 is 1.07 bits per heavy atom. The summed E-state index contributed by atoms with van der Waals surface area (Å²) in [7, 11) is 1.33. The molecule has 0 spiro atoms. The molecule has 80 valence electrons. The van der Waals surface area contributed by atoms with Crippen LogP contribution in [0.4, 0.5) is 9.59 Å². The molecule has 0 aromatic rings. The molecular formula is C8H15BO5. The zero-order valence-electron chi connectivity index (χ0n) is 8.58. The van der Waals surface area contributed by atoms with E-state index in [2.05, 4.69) is 14.2 Å². The predicted octanol–water partition coefficient (Wildman–Crippen LogP) is 0.709. The van der Waals surface area contributed by atoms with Gasteiger partial charge in [0, 0.05) is 6.42 Å². The third kappa shape index (κ3) is 8.90. The Morgan fingerprint density at radius 3 is 2.21 bits per heavy atom. The van der Waals surface area contributed by atoms with E-state index in [-0.39, 0.29) is 19.1 Å². The first-order chi connectivity index (χ1) is 6.66. The monoisotopic (exact) mass is 202 g/mol. The van der Waals surface area contributed by atoms with Crippen molar-refractivity contribution >= 4 is 19.9 Å². The highest BCUT2D eigenvalue weighted by Crippen LogP contribution is 1.91. The molecule has 0 unspecified atom stereocenters. The summed E-state index contributed by atoms with van der Waals surface area (Å²) >= 11 is 0. The van der Waals surface area contributed by atoms with E-state index in [0.717, 1.165) is 6.42 Å². The van der Waals surface area contributed by atoms with Crippen LogP contribution in [0.1, 0.15) is 19.8 Å². The van der Waals surface area contributed by atoms with Crippen LogP contribution in [0.5, 0.6) is 0 Å². The Balaban J connectivity index is 3.19. The first-order valence-electron chi connectivity index (χ1n) is 4.59. The smallest absolute Gasteiger partial charge is 0.474 e. The number of rotatable bonds is 6. The molecule has 0 N–H and O–H groups in total. The zero-order chi connectivity index (χ0) is 10.8. The first kappa shape index (κ1) is 12.8. The molecule has 0 aromatic heterocycles. The van der Waals surface area contributed by atoms with E-state index in [4.69, 9.17) is 0 Å². The molecule has 0 aliphatic carbocycles. The van der Waals surface area contributed by atoms with Crippen LogP contribution >= 0.6 is 0 Å². The molecule has 0 bridgehead atoms. The van der Waals surface area contributed by atoms with Gasteiger partial charge in [0.1, 0.15) is 0 Å². The van der Waals surface area contributed by atoms with Gasteiger partial charge >= 0.3 is 6.16 Å². The summed E-state index contributed by atoms with van der Waals surface area (Å²) in [6, 6.07) is 0. The maximum atomic E-state index is 10.7. The van der Waals surface area contributed by atoms with Gasteiger partial charge in [-0.25, -0.2) is 4.79 Å². The van der Waals surface area contributed by atoms with E-state index in [0.29, 0.717) is 13.0 Å². The normalized spacial score (nSPS) is 9.21. The summed E-state index contributed by atoms with van der Waals surface area (Å²) < 4.78 is 14.0. The van der Waals surface area contributed by atoms with Crippen molar-refractivity contribution in [2.45, 2.75) is 19.8 Å². The minimum Gasteiger partial charge on any atom is -0.474 e. The van der Waals surface area contributed by atoms with E-state index in [1.165, 1.54) is 7.85 Å². The summed E-state index contributed by atoms with van der Waals surface area (Å²) in [6.45, 7) is 2.73. The molecule has 6 heteroatoms. The minimum absolute atomic E-state index is 0.204. The second kappa shape index (κ2) is 8.41. The van der Waals surface area contributed by atoms with Gasteiger partial charge in [0.25, 0.3) is 0 Å². The van der Waals surface area contributed by atoms with E-state index in [1.54, 1.807) is 0 Å². The Bertz CT molecular complexity index is 183. The largest absolute Gasteiger partial charge is 0.508 e. The average Bonchev–Trinajstić information content (AvgIpc) is 2.13. The lowest BCUT2D eigenvalue weighted by Crippen LogP contribution is -2.11. The molecule has 0 fully saturated rings. The van der Waals surface area contributed by atoms with Gasteiger partial charge in [0.15, 0.2) is 0 Å². The van der Waals surface area contributed by atoms with Crippen molar-refractivity contribution in [3.05, 3.63) is 0 Å². The second-order valence-electron chi connectivity index (χ2n) is 2.64. The Kier molecular flexibility index (Phi) is 7.69. The second-order valence-corrected chi connectivity index (χ2v) is 2.64. The van der Waals surface area contributed by atoms with E-state index >= 15 is 0 Å². The van der Waals surface area contributed by atoms with Crippen LogP contribution in [0.3, 0.4) is 0 Å². The lowest BCUT2D eigenvalue weighted by atomic mass is 10.2. The summed E-state index contributed by atoms with van der Waals surface area (Å²) in [5, 5.41) is 0. The van der Waals surface area contributed by atoms with Crippen LogP contribution in [0, 0.1) is 0 Å². The van der Waals surface area contributed by atoms with E-state index < -0.39 is 6.16 Å². The quantitative estimate of drug-likeness (QED) is 0.360. The van der Waals surface area contributed by atoms with Crippen LogP contribution in [0.25, 0.3) is 0 Å². The van der Waals surface area contributed by atoms with Crippen LogP contribution in [-0.2, 0) is 14.2 Å². The molecule has 5 nitrogen and oxygen atoms in total. The van der Waals surface area contributed by atoms with E-state index in [9.17, 15) is 9.59 Å². The molecule has 0 aromatic carbocycles. The van der Waals surface area contributed by atoms with Crippen molar-refractivity contribution in [2.75, 3.05) is 19.8 Å². The predicted molar refractivity (Wildman–Crippen MR) is 52.1 cm³/mol. The van der Waals surface area contributed by atoms with E-state index in [1.807, 2.05) is 6.92 Å². The third-order valence-electron chi connectivity index (χ3n) is 1.24. The van der Waals surface area contributed by atoms with Crippen molar-refractivity contribution in [2.24, 2.45) is 0 Å². The molecule has 0 atom stereocenters. The molecule has 14 heavy (non-hydrogen) atoms. The molecule has 0 amide bonds. The summed E-state index contributed by atoms with van der Waals surface area (Å²) in [4.78, 5) is 21.1. The maximum Gasteiger partial charge on any atom is 0.508 e. The number of hydrogen-bond acceptors (Lipinski definition) is 5. The number of ether oxygens (including phenoxy) is 3.